The molecule has 2 aromatic carbocycles. The van der Waals surface area contributed by atoms with Gasteiger partial charge in [-0.2, -0.15) is 0 Å². The molecule has 0 bridgehead atoms. The van der Waals surface area contributed by atoms with E-state index in [1.165, 1.54) is 10.8 Å². The first-order chi connectivity index (χ1) is 6.33. The smallest absolute Gasteiger partial charge is 0.0561 e. The summed E-state index contributed by atoms with van der Waals surface area (Å²) in [5, 5.41) is 5.70. The van der Waals surface area contributed by atoms with Gasteiger partial charge in [-0.05, 0) is 27.4 Å². The Hall–Kier alpha value is -1.02. The van der Waals surface area contributed by atoms with Crippen LogP contribution in [0.25, 0.3) is 10.8 Å². The predicted octanol–water partition coefficient (Wildman–Crippen LogP) is 3.64. The maximum Gasteiger partial charge on any atom is 0.0561 e. The highest BCUT2D eigenvalue weighted by molar-refractivity contribution is 9.10. The lowest BCUT2D eigenvalue weighted by molar-refractivity contribution is 1.52. The van der Waals surface area contributed by atoms with Gasteiger partial charge in [-0.25, -0.2) is 0 Å². The van der Waals surface area contributed by atoms with Crippen molar-refractivity contribution in [2.24, 2.45) is 0 Å². The zero-order valence-electron chi connectivity index (χ0n) is 7.34. The van der Waals surface area contributed by atoms with Crippen molar-refractivity contribution in [1.29, 1.82) is 0 Å². The molecule has 0 saturated heterocycles. The van der Waals surface area contributed by atoms with Gasteiger partial charge in [-0.1, -0.05) is 30.3 Å². The van der Waals surface area contributed by atoms with Crippen LogP contribution < -0.4 is 5.32 Å². The summed E-state index contributed by atoms with van der Waals surface area (Å²) in [6, 6.07) is 12.5. The van der Waals surface area contributed by atoms with Gasteiger partial charge in [-0.3, -0.25) is 0 Å². The van der Waals surface area contributed by atoms with Gasteiger partial charge >= 0.3 is 0 Å². The van der Waals surface area contributed by atoms with Crippen molar-refractivity contribution in [3.05, 3.63) is 40.9 Å². The maximum atomic E-state index is 3.52. The molecule has 13 heavy (non-hydrogen) atoms. The van der Waals surface area contributed by atoms with Gasteiger partial charge in [0, 0.05) is 16.9 Å². The average Bonchev–Trinajstić information content (AvgIpc) is 2.18. The lowest BCUT2D eigenvalue weighted by Gasteiger charge is -2.07. The molecule has 2 heteroatoms. The van der Waals surface area contributed by atoms with Crippen molar-refractivity contribution < 1.29 is 0 Å². The molecule has 0 aliphatic carbocycles. The van der Waals surface area contributed by atoms with Crippen LogP contribution in [-0.4, -0.2) is 7.05 Å². The van der Waals surface area contributed by atoms with Crippen LogP contribution in [0.5, 0.6) is 0 Å². The van der Waals surface area contributed by atoms with E-state index in [1.807, 2.05) is 7.05 Å². The van der Waals surface area contributed by atoms with Gasteiger partial charge in [0.1, 0.15) is 0 Å². The quantitative estimate of drug-likeness (QED) is 0.796. The summed E-state index contributed by atoms with van der Waals surface area (Å²) in [5.41, 5.74) is 1.15. The van der Waals surface area contributed by atoms with E-state index in [-0.39, 0.29) is 0 Å². The number of hydrogen-bond acceptors (Lipinski definition) is 1. The Kier molecular flexibility index (Phi) is 2.23. The molecule has 66 valence electrons. The highest BCUT2D eigenvalue weighted by Crippen LogP contribution is 2.30. The predicted molar refractivity (Wildman–Crippen MR) is 61.2 cm³/mol. The van der Waals surface area contributed by atoms with Crippen LogP contribution in [0.1, 0.15) is 0 Å². The molecule has 0 radical (unpaired) electrons. The zero-order valence-corrected chi connectivity index (χ0v) is 8.93. The van der Waals surface area contributed by atoms with E-state index < -0.39 is 0 Å². The molecule has 0 heterocycles. The van der Waals surface area contributed by atoms with Crippen LogP contribution in [0.2, 0.25) is 0 Å². The van der Waals surface area contributed by atoms with E-state index in [9.17, 15) is 0 Å². The van der Waals surface area contributed by atoms with E-state index in [2.05, 4.69) is 57.6 Å². The molecule has 0 saturated carbocycles. The summed E-state index contributed by atoms with van der Waals surface area (Å²) < 4.78 is 1.11. The van der Waals surface area contributed by atoms with E-state index in [1.54, 1.807) is 0 Å². The zero-order chi connectivity index (χ0) is 9.26. The molecular weight excluding hydrogens is 226 g/mol. The number of hydrogen-bond donors (Lipinski definition) is 1. The second-order valence-electron chi connectivity index (χ2n) is 2.89. The van der Waals surface area contributed by atoms with Crippen LogP contribution in [0.3, 0.4) is 0 Å². The molecule has 0 unspecified atom stereocenters. The SMILES string of the molecule is CNc1c(Br)ccc2ccccc12. The maximum absolute atomic E-state index is 3.52. The molecule has 0 fully saturated rings. The van der Waals surface area contributed by atoms with Gasteiger partial charge < -0.3 is 5.32 Å². The Bertz CT molecular complexity index is 437. The van der Waals surface area contributed by atoms with Crippen LogP contribution in [0, 0.1) is 0 Å². The summed E-state index contributed by atoms with van der Waals surface area (Å²) in [6.07, 6.45) is 0. The van der Waals surface area contributed by atoms with Crippen LogP contribution in [-0.2, 0) is 0 Å². The Balaban J connectivity index is 2.84. The van der Waals surface area contributed by atoms with Crippen molar-refractivity contribution in [3.63, 3.8) is 0 Å². The Morgan fingerprint density at radius 1 is 1.08 bits per heavy atom. The first-order valence-corrected chi connectivity index (χ1v) is 4.97. The number of fused-ring (bicyclic) bond motifs is 1. The minimum atomic E-state index is 1.11. The number of benzene rings is 2. The molecule has 1 N–H and O–H groups in total. The van der Waals surface area contributed by atoms with Gasteiger partial charge in [0.2, 0.25) is 0 Å². The number of halogens is 1. The van der Waals surface area contributed by atoms with Gasteiger partial charge in [0.05, 0.1) is 5.69 Å². The van der Waals surface area contributed by atoms with Gasteiger partial charge in [-0.15, -0.1) is 0 Å². The standard InChI is InChI=1S/C11H10BrN/c1-13-11-9-5-3-2-4-8(9)6-7-10(11)12/h2-7,13H,1H3. The molecule has 0 atom stereocenters. The molecule has 0 aromatic heterocycles. The number of nitrogens with one attached hydrogen (secondary N) is 1. The summed E-state index contributed by atoms with van der Waals surface area (Å²) in [4.78, 5) is 0. The summed E-state index contributed by atoms with van der Waals surface area (Å²) in [7, 11) is 1.94. The minimum absolute atomic E-state index is 1.11. The normalized spacial score (nSPS) is 10.3. The van der Waals surface area contributed by atoms with Gasteiger partial charge in [0.25, 0.3) is 0 Å². The molecule has 0 spiro atoms. The summed E-state index contributed by atoms with van der Waals surface area (Å²) in [6.45, 7) is 0. The van der Waals surface area contributed by atoms with E-state index in [0.717, 1.165) is 10.2 Å². The fourth-order valence-corrected chi connectivity index (χ4v) is 2.04. The third kappa shape index (κ3) is 1.42. The topological polar surface area (TPSA) is 12.0 Å². The number of anilines is 1. The van der Waals surface area contributed by atoms with Crippen molar-refractivity contribution in [1.82, 2.24) is 0 Å². The highest BCUT2D eigenvalue weighted by Gasteiger charge is 2.01. The lowest BCUT2D eigenvalue weighted by atomic mass is 10.1. The van der Waals surface area contributed by atoms with Crippen molar-refractivity contribution in [3.8, 4) is 0 Å². The van der Waals surface area contributed by atoms with Crippen LogP contribution in [0.15, 0.2) is 40.9 Å². The summed E-state index contributed by atoms with van der Waals surface area (Å²) in [5.74, 6) is 0. The monoisotopic (exact) mass is 235 g/mol. The van der Waals surface area contributed by atoms with Crippen molar-refractivity contribution in [2.45, 2.75) is 0 Å². The van der Waals surface area contributed by atoms with Crippen LogP contribution in [0.4, 0.5) is 5.69 Å². The Labute approximate surface area is 85.9 Å². The van der Waals surface area contributed by atoms with E-state index >= 15 is 0 Å². The first kappa shape index (κ1) is 8.57. The van der Waals surface area contributed by atoms with E-state index in [0.29, 0.717) is 0 Å². The van der Waals surface area contributed by atoms with Crippen molar-refractivity contribution >= 4 is 32.4 Å². The van der Waals surface area contributed by atoms with Crippen LogP contribution >= 0.6 is 15.9 Å². The Morgan fingerprint density at radius 3 is 2.62 bits per heavy atom. The third-order valence-electron chi connectivity index (χ3n) is 2.13. The average molecular weight is 236 g/mol. The third-order valence-corrected chi connectivity index (χ3v) is 2.79. The second-order valence-corrected chi connectivity index (χ2v) is 3.75. The molecule has 0 aliphatic heterocycles. The molecule has 0 amide bonds. The van der Waals surface area contributed by atoms with Gasteiger partial charge in [0.15, 0.2) is 0 Å². The summed E-state index contributed by atoms with van der Waals surface area (Å²) >= 11 is 3.52. The first-order valence-electron chi connectivity index (χ1n) is 4.18. The fraction of sp³-hybridized carbons (Fsp3) is 0.0909. The molecule has 1 nitrogen and oxygen atoms in total. The lowest BCUT2D eigenvalue weighted by Crippen LogP contribution is -1.90. The Morgan fingerprint density at radius 2 is 1.85 bits per heavy atom. The van der Waals surface area contributed by atoms with Crippen molar-refractivity contribution in [2.75, 3.05) is 12.4 Å². The molecule has 2 rings (SSSR count). The molecule has 2 aromatic rings. The second kappa shape index (κ2) is 3.38. The highest BCUT2D eigenvalue weighted by atomic mass is 79.9. The minimum Gasteiger partial charge on any atom is -0.387 e. The molecular formula is C11H10BrN. The largest absolute Gasteiger partial charge is 0.387 e. The fourth-order valence-electron chi connectivity index (χ4n) is 1.50. The molecule has 0 aliphatic rings. The van der Waals surface area contributed by atoms with E-state index in [4.69, 9.17) is 0 Å². The number of rotatable bonds is 1.